The number of hydrogen-bond acceptors (Lipinski definition) is 8. The van der Waals surface area contributed by atoms with Gasteiger partial charge in [0.15, 0.2) is 0 Å². The fourth-order valence-corrected chi connectivity index (χ4v) is 5.69. The standard InChI is InChI=1S/C26H30F3N7OS/c27-26(28,29)18-7-9-20(10-8-18)36-13-3-4-19(15-36)32-21-5-1-2-6-22(21)33-23-14-17(11-12-30-23)24(37)34-25-35-31-16-38-25/h7-12,14,16,19,21-22,32H,1-6,13,15H2,(H,30,33)(H,34,35,37). The molecule has 1 saturated carbocycles. The van der Waals surface area contributed by atoms with Crippen molar-refractivity contribution in [3.63, 3.8) is 0 Å². The third kappa shape index (κ3) is 6.60. The first kappa shape index (κ1) is 26.4. The van der Waals surface area contributed by atoms with Gasteiger partial charge in [-0.15, -0.1) is 10.2 Å². The molecule has 5 rings (SSSR count). The lowest BCUT2D eigenvalue weighted by Crippen LogP contribution is -2.55. The molecule has 2 fully saturated rings. The van der Waals surface area contributed by atoms with Gasteiger partial charge in [0.25, 0.3) is 5.91 Å². The van der Waals surface area contributed by atoms with Gasteiger partial charge in [-0.1, -0.05) is 24.2 Å². The molecule has 0 spiro atoms. The number of anilines is 3. The Morgan fingerprint density at radius 2 is 1.82 bits per heavy atom. The van der Waals surface area contributed by atoms with E-state index in [4.69, 9.17) is 0 Å². The van der Waals surface area contributed by atoms with Crippen LogP contribution in [0.25, 0.3) is 0 Å². The first-order chi connectivity index (χ1) is 18.3. The smallest absolute Gasteiger partial charge is 0.370 e. The molecule has 0 radical (unpaired) electrons. The van der Waals surface area contributed by atoms with Crippen LogP contribution in [0.4, 0.5) is 29.8 Å². The van der Waals surface area contributed by atoms with Crippen molar-refractivity contribution < 1.29 is 18.0 Å². The summed E-state index contributed by atoms with van der Waals surface area (Å²) in [6, 6.07) is 9.46. The molecule has 3 aromatic rings. The van der Waals surface area contributed by atoms with Gasteiger partial charge in [0.05, 0.1) is 5.56 Å². The van der Waals surface area contributed by atoms with E-state index in [-0.39, 0.29) is 24.0 Å². The van der Waals surface area contributed by atoms with Gasteiger partial charge in [0, 0.05) is 48.7 Å². The lowest BCUT2D eigenvalue weighted by molar-refractivity contribution is -0.137. The van der Waals surface area contributed by atoms with E-state index in [1.54, 1.807) is 36.0 Å². The van der Waals surface area contributed by atoms with E-state index in [1.807, 2.05) is 0 Å². The highest BCUT2D eigenvalue weighted by Gasteiger charge is 2.32. The number of nitrogens with zero attached hydrogens (tertiary/aromatic N) is 4. The zero-order valence-electron chi connectivity index (χ0n) is 20.7. The van der Waals surface area contributed by atoms with Gasteiger partial charge in [0.2, 0.25) is 5.13 Å². The van der Waals surface area contributed by atoms with E-state index in [1.165, 1.54) is 11.3 Å². The van der Waals surface area contributed by atoms with Crippen LogP contribution in [0.1, 0.15) is 54.4 Å². The summed E-state index contributed by atoms with van der Waals surface area (Å²) < 4.78 is 38.9. The van der Waals surface area contributed by atoms with Crippen molar-refractivity contribution in [3.8, 4) is 0 Å². The fraction of sp³-hybridized carbons (Fsp3) is 0.462. The summed E-state index contributed by atoms with van der Waals surface area (Å²) in [4.78, 5) is 19.2. The Labute approximate surface area is 223 Å². The van der Waals surface area contributed by atoms with Gasteiger partial charge in [-0.2, -0.15) is 13.2 Å². The second-order valence-electron chi connectivity index (χ2n) is 9.77. The number of piperidine rings is 1. The molecule has 1 saturated heterocycles. The molecular formula is C26H30F3N7OS. The van der Waals surface area contributed by atoms with Crippen LogP contribution >= 0.6 is 11.3 Å². The minimum Gasteiger partial charge on any atom is -0.370 e. The molecule has 12 heteroatoms. The highest BCUT2D eigenvalue weighted by molar-refractivity contribution is 7.13. The van der Waals surface area contributed by atoms with Gasteiger partial charge in [0.1, 0.15) is 11.3 Å². The molecule has 1 aromatic carbocycles. The number of pyridine rings is 1. The van der Waals surface area contributed by atoms with Crippen LogP contribution in [0, 0.1) is 0 Å². The number of nitrogens with one attached hydrogen (secondary N) is 3. The molecule has 3 unspecified atom stereocenters. The highest BCUT2D eigenvalue weighted by Crippen LogP contribution is 2.31. The van der Waals surface area contributed by atoms with Crippen LogP contribution in [-0.2, 0) is 6.18 Å². The molecule has 1 amide bonds. The molecule has 3 heterocycles. The van der Waals surface area contributed by atoms with Gasteiger partial charge in [-0.3, -0.25) is 10.1 Å². The molecular weight excluding hydrogens is 515 g/mol. The highest BCUT2D eigenvalue weighted by atomic mass is 32.1. The molecule has 202 valence electrons. The third-order valence-corrected chi connectivity index (χ3v) is 7.74. The lowest BCUT2D eigenvalue weighted by atomic mass is 9.89. The van der Waals surface area contributed by atoms with Crippen molar-refractivity contribution in [1.29, 1.82) is 0 Å². The number of rotatable bonds is 7. The quantitative estimate of drug-likeness (QED) is 0.376. The SMILES string of the molecule is O=C(Nc1nncs1)c1ccnc(NC2CCCCC2NC2CCCN(c3ccc(C(F)(F)F)cc3)C2)c1. The van der Waals surface area contributed by atoms with Crippen LogP contribution in [-0.4, -0.2) is 52.3 Å². The zero-order valence-corrected chi connectivity index (χ0v) is 21.6. The van der Waals surface area contributed by atoms with Crippen molar-refractivity contribution in [2.75, 3.05) is 28.6 Å². The van der Waals surface area contributed by atoms with Crippen LogP contribution in [0.2, 0.25) is 0 Å². The number of carbonyl (C=O) groups excluding carboxylic acids is 1. The number of halogens is 3. The zero-order chi connectivity index (χ0) is 26.5. The van der Waals surface area contributed by atoms with Crippen molar-refractivity contribution in [1.82, 2.24) is 20.5 Å². The summed E-state index contributed by atoms with van der Waals surface area (Å²) in [5.74, 6) is 0.375. The molecule has 1 aliphatic heterocycles. The molecule has 3 atom stereocenters. The van der Waals surface area contributed by atoms with Crippen LogP contribution in [0.15, 0.2) is 48.1 Å². The van der Waals surface area contributed by atoms with Gasteiger partial charge < -0.3 is 15.5 Å². The third-order valence-electron chi connectivity index (χ3n) is 7.13. The van der Waals surface area contributed by atoms with E-state index in [9.17, 15) is 18.0 Å². The van der Waals surface area contributed by atoms with E-state index < -0.39 is 11.7 Å². The number of carbonyl (C=O) groups is 1. The normalized spacial score (nSPS) is 22.2. The predicted octanol–water partition coefficient (Wildman–Crippen LogP) is 5.19. The van der Waals surface area contributed by atoms with Crippen molar-refractivity contribution in [3.05, 3.63) is 59.2 Å². The lowest BCUT2D eigenvalue weighted by Gasteiger charge is -2.40. The Morgan fingerprint density at radius 3 is 2.55 bits per heavy atom. The largest absolute Gasteiger partial charge is 0.416 e. The van der Waals surface area contributed by atoms with Crippen molar-refractivity contribution in [2.45, 2.75) is 62.8 Å². The average molecular weight is 546 g/mol. The Kier molecular flexibility index (Phi) is 8.08. The molecule has 0 bridgehead atoms. The summed E-state index contributed by atoms with van der Waals surface area (Å²) in [6.45, 7) is 1.57. The van der Waals surface area contributed by atoms with E-state index in [2.05, 4.69) is 36.0 Å². The maximum atomic E-state index is 13.0. The summed E-state index contributed by atoms with van der Waals surface area (Å²) in [5, 5.41) is 18.1. The number of amides is 1. The van der Waals surface area contributed by atoms with Crippen LogP contribution in [0.5, 0.6) is 0 Å². The monoisotopic (exact) mass is 545 g/mol. The first-order valence-corrected chi connectivity index (χ1v) is 13.7. The number of aromatic nitrogens is 3. The minimum absolute atomic E-state index is 0.152. The van der Waals surface area contributed by atoms with E-state index >= 15 is 0 Å². The number of hydrogen-bond donors (Lipinski definition) is 3. The van der Waals surface area contributed by atoms with Crippen LogP contribution in [0.3, 0.4) is 0 Å². The minimum atomic E-state index is -4.33. The second kappa shape index (κ2) is 11.6. The van der Waals surface area contributed by atoms with Gasteiger partial charge in [-0.25, -0.2) is 4.98 Å². The molecule has 2 aliphatic rings. The van der Waals surface area contributed by atoms with Crippen LogP contribution < -0.4 is 20.9 Å². The Bertz CT molecular complexity index is 1210. The first-order valence-electron chi connectivity index (χ1n) is 12.8. The average Bonchev–Trinajstić information content (AvgIpc) is 3.43. The molecule has 8 nitrogen and oxygen atoms in total. The summed E-state index contributed by atoms with van der Waals surface area (Å²) in [7, 11) is 0. The molecule has 2 aromatic heterocycles. The fourth-order valence-electron chi connectivity index (χ4n) is 5.25. The van der Waals surface area contributed by atoms with Gasteiger partial charge >= 0.3 is 6.18 Å². The maximum Gasteiger partial charge on any atom is 0.416 e. The van der Waals surface area contributed by atoms with E-state index in [0.717, 1.165) is 69.4 Å². The topological polar surface area (TPSA) is 95.1 Å². The van der Waals surface area contributed by atoms with Gasteiger partial charge in [-0.05, 0) is 62.1 Å². The summed E-state index contributed by atoms with van der Waals surface area (Å²) >= 11 is 1.25. The second-order valence-corrected chi connectivity index (χ2v) is 10.6. The Hall–Kier alpha value is -3.25. The number of benzene rings is 1. The molecule has 3 N–H and O–H groups in total. The summed E-state index contributed by atoms with van der Waals surface area (Å²) in [6.07, 6.45) is 3.51. The Morgan fingerprint density at radius 1 is 1.03 bits per heavy atom. The van der Waals surface area contributed by atoms with Crippen molar-refractivity contribution in [2.24, 2.45) is 0 Å². The number of alkyl halides is 3. The van der Waals surface area contributed by atoms with Crippen molar-refractivity contribution >= 4 is 33.9 Å². The van der Waals surface area contributed by atoms with E-state index in [0.29, 0.717) is 16.5 Å². The predicted molar refractivity (Wildman–Crippen MR) is 142 cm³/mol. The Balaban J connectivity index is 1.20. The summed E-state index contributed by atoms with van der Waals surface area (Å²) in [5.41, 5.74) is 2.23. The maximum absolute atomic E-state index is 13.0. The molecule has 38 heavy (non-hydrogen) atoms. The molecule has 1 aliphatic carbocycles.